The summed E-state index contributed by atoms with van der Waals surface area (Å²) in [5.41, 5.74) is 5.14. The van der Waals surface area contributed by atoms with E-state index in [0.29, 0.717) is 12.2 Å². The maximum atomic E-state index is 9.16. The Balaban J connectivity index is 1.41. The molecule has 3 aromatic carbocycles. The normalized spacial score (nSPS) is 15.2. The van der Waals surface area contributed by atoms with Crippen molar-refractivity contribution >= 4 is 17.8 Å². The molecule has 0 aliphatic carbocycles. The molecule has 31 heavy (non-hydrogen) atoms. The van der Waals surface area contributed by atoms with Gasteiger partial charge in [-0.2, -0.15) is 5.26 Å². The Morgan fingerprint density at radius 3 is 2.45 bits per heavy atom. The Morgan fingerprint density at radius 2 is 1.71 bits per heavy atom. The fourth-order valence-electron chi connectivity index (χ4n) is 3.99. The van der Waals surface area contributed by atoms with Crippen molar-refractivity contribution in [2.24, 2.45) is 0 Å². The van der Waals surface area contributed by atoms with Gasteiger partial charge in [-0.1, -0.05) is 54.6 Å². The van der Waals surface area contributed by atoms with Crippen molar-refractivity contribution in [2.75, 3.05) is 24.4 Å². The Morgan fingerprint density at radius 1 is 0.935 bits per heavy atom. The summed E-state index contributed by atoms with van der Waals surface area (Å²) in [6, 6.07) is 28.7. The monoisotopic (exact) mass is 430 g/mol. The quantitative estimate of drug-likeness (QED) is 0.264. The maximum absolute atomic E-state index is 9.16. The third-order valence-electron chi connectivity index (χ3n) is 5.77. The highest BCUT2D eigenvalue weighted by Gasteiger charge is 2.34. The van der Waals surface area contributed by atoms with Crippen molar-refractivity contribution in [1.82, 2.24) is 10.2 Å². The van der Waals surface area contributed by atoms with Crippen molar-refractivity contribution in [3.05, 3.63) is 90.0 Å². The van der Waals surface area contributed by atoms with E-state index in [4.69, 9.17) is 10.1 Å². The lowest BCUT2D eigenvalue weighted by molar-refractivity contribution is 0.0417. The van der Waals surface area contributed by atoms with Gasteiger partial charge in [0.2, 0.25) is 0 Å². The molecule has 1 aliphatic rings. The molecular weight excluding hydrogens is 404 g/mol. The first-order valence-corrected chi connectivity index (χ1v) is 11.3. The summed E-state index contributed by atoms with van der Waals surface area (Å²) >= 11 is 1.33. The summed E-state index contributed by atoms with van der Waals surface area (Å²) in [7, 11) is 0. The number of benzene rings is 3. The van der Waals surface area contributed by atoms with Crippen LogP contribution in [0.1, 0.15) is 24.0 Å². The van der Waals surface area contributed by atoms with E-state index in [1.807, 2.05) is 54.6 Å². The predicted octanol–water partition coefficient (Wildman–Crippen LogP) is 5.04. The van der Waals surface area contributed by atoms with E-state index in [1.165, 1.54) is 17.7 Å². The fourth-order valence-corrected chi connectivity index (χ4v) is 4.40. The molecule has 1 aliphatic heterocycles. The first-order valence-electron chi connectivity index (χ1n) is 10.4. The van der Waals surface area contributed by atoms with E-state index in [0.717, 1.165) is 42.7 Å². The zero-order valence-electron chi connectivity index (χ0n) is 17.3. The van der Waals surface area contributed by atoms with Crippen LogP contribution in [-0.4, -0.2) is 19.7 Å². The topological polar surface area (TPSA) is 69.1 Å². The lowest BCUT2D eigenvalue weighted by Crippen LogP contribution is -2.43. The molecule has 5 nitrogen and oxygen atoms in total. The summed E-state index contributed by atoms with van der Waals surface area (Å²) in [6.45, 7) is 2.55. The van der Waals surface area contributed by atoms with Crippen LogP contribution in [0.15, 0.2) is 78.9 Å². The molecule has 0 aromatic heterocycles. The van der Waals surface area contributed by atoms with E-state index < -0.39 is 0 Å². The number of anilines is 1. The van der Waals surface area contributed by atoms with Gasteiger partial charge in [-0.3, -0.25) is 4.84 Å². The van der Waals surface area contributed by atoms with Gasteiger partial charge in [0.25, 0.3) is 0 Å². The average molecular weight is 431 g/mol. The molecule has 0 bridgehead atoms. The van der Waals surface area contributed by atoms with Gasteiger partial charge in [0.15, 0.2) is 0 Å². The largest absolute Gasteiger partial charge is 0.317 e. The Kier molecular flexibility index (Phi) is 7.23. The van der Waals surface area contributed by atoms with Crippen LogP contribution in [0.4, 0.5) is 5.69 Å². The number of nitrogens with zero attached hydrogens (tertiary/aromatic N) is 1. The lowest BCUT2D eigenvalue weighted by Gasteiger charge is -2.37. The lowest BCUT2D eigenvalue weighted by atomic mass is 9.73. The van der Waals surface area contributed by atoms with Gasteiger partial charge in [-0.15, -0.1) is 4.89 Å². The molecule has 0 amide bonds. The van der Waals surface area contributed by atoms with Gasteiger partial charge in [-0.05, 0) is 66.9 Å². The number of piperidine rings is 1. The zero-order chi connectivity index (χ0) is 21.4. The fraction of sp³-hybridized carbons (Fsp3) is 0.240. The minimum absolute atomic E-state index is 0.0292. The summed E-state index contributed by atoms with van der Waals surface area (Å²) in [4.78, 5) is 8.86. The highest BCUT2D eigenvalue weighted by Crippen LogP contribution is 2.35. The smallest absolute Gasteiger partial charge is 0.0991 e. The molecule has 0 unspecified atom stereocenters. The van der Waals surface area contributed by atoms with Crippen LogP contribution in [-0.2, 0) is 10.3 Å². The molecule has 6 heteroatoms. The van der Waals surface area contributed by atoms with Crippen LogP contribution in [0.2, 0.25) is 0 Å². The second-order valence-corrected chi connectivity index (χ2v) is 8.32. The summed E-state index contributed by atoms with van der Waals surface area (Å²) in [5.74, 6) is 0. The SMILES string of the molecule is N#Cc1cccc(-c2ccc(C3(CONSNc4ccccc4)CCNCC3)cc2)c1. The van der Waals surface area contributed by atoms with Crippen LogP contribution in [0.3, 0.4) is 0 Å². The molecule has 1 saturated heterocycles. The van der Waals surface area contributed by atoms with Gasteiger partial charge in [0.1, 0.15) is 0 Å². The molecule has 3 aromatic rings. The predicted molar refractivity (Wildman–Crippen MR) is 127 cm³/mol. The number of hydrogen-bond acceptors (Lipinski definition) is 6. The van der Waals surface area contributed by atoms with Crippen molar-refractivity contribution in [1.29, 1.82) is 5.26 Å². The second kappa shape index (κ2) is 10.5. The van der Waals surface area contributed by atoms with Gasteiger partial charge in [0.05, 0.1) is 30.4 Å². The van der Waals surface area contributed by atoms with E-state index >= 15 is 0 Å². The van der Waals surface area contributed by atoms with Crippen LogP contribution >= 0.6 is 12.1 Å². The first-order chi connectivity index (χ1) is 15.3. The van der Waals surface area contributed by atoms with Crippen molar-refractivity contribution in [3.63, 3.8) is 0 Å². The molecule has 0 saturated carbocycles. The Bertz CT molecular complexity index is 1010. The molecule has 158 valence electrons. The average Bonchev–Trinajstić information content (AvgIpc) is 2.85. The first kappa shape index (κ1) is 21.4. The summed E-state index contributed by atoms with van der Waals surface area (Å²) in [6.07, 6.45) is 2.05. The van der Waals surface area contributed by atoms with Gasteiger partial charge in [0, 0.05) is 11.1 Å². The van der Waals surface area contributed by atoms with Crippen LogP contribution in [0.25, 0.3) is 11.1 Å². The number of para-hydroxylation sites is 1. The number of hydrogen-bond donors (Lipinski definition) is 3. The molecule has 3 N–H and O–H groups in total. The highest BCUT2D eigenvalue weighted by atomic mass is 32.2. The third-order valence-corrected chi connectivity index (χ3v) is 6.31. The number of rotatable bonds is 8. The molecule has 0 atom stereocenters. The minimum atomic E-state index is -0.0292. The molecule has 1 heterocycles. The molecule has 0 radical (unpaired) electrons. The van der Waals surface area contributed by atoms with Crippen molar-refractivity contribution in [3.8, 4) is 17.2 Å². The van der Waals surface area contributed by atoms with Gasteiger partial charge < -0.3 is 10.0 Å². The molecule has 0 spiro atoms. The second-order valence-electron chi connectivity index (χ2n) is 7.74. The van der Waals surface area contributed by atoms with Crippen molar-refractivity contribution in [2.45, 2.75) is 18.3 Å². The molecule has 4 rings (SSSR count). The Labute approximate surface area is 188 Å². The van der Waals surface area contributed by atoms with Crippen LogP contribution < -0.4 is 14.9 Å². The zero-order valence-corrected chi connectivity index (χ0v) is 18.1. The molecular formula is C25H26N4OS. The van der Waals surface area contributed by atoms with Crippen LogP contribution in [0.5, 0.6) is 0 Å². The van der Waals surface area contributed by atoms with E-state index in [-0.39, 0.29) is 5.41 Å². The molecule has 1 fully saturated rings. The number of nitriles is 1. The summed E-state index contributed by atoms with van der Waals surface area (Å²) < 4.78 is 3.21. The van der Waals surface area contributed by atoms with Crippen LogP contribution in [0, 0.1) is 11.3 Å². The van der Waals surface area contributed by atoms with E-state index in [2.05, 4.69) is 45.3 Å². The van der Waals surface area contributed by atoms with E-state index in [1.54, 1.807) is 0 Å². The van der Waals surface area contributed by atoms with Gasteiger partial charge >= 0.3 is 0 Å². The van der Waals surface area contributed by atoms with E-state index in [9.17, 15) is 0 Å². The maximum Gasteiger partial charge on any atom is 0.0991 e. The summed E-state index contributed by atoms with van der Waals surface area (Å²) in [5, 5.41) is 12.6. The standard InChI is InChI=1S/C25H26N4OS/c26-18-20-5-4-6-22(17-20)21-9-11-23(12-10-21)25(13-15-27-16-14-25)19-30-29-31-28-24-7-2-1-3-8-24/h1-12,17,27-29H,13-16,19H2. The Hall–Kier alpha value is -2.82. The van der Waals surface area contributed by atoms with Gasteiger partial charge in [-0.25, -0.2) is 0 Å². The minimum Gasteiger partial charge on any atom is -0.317 e. The number of nitrogens with one attached hydrogen (secondary N) is 3. The van der Waals surface area contributed by atoms with Crippen molar-refractivity contribution < 1.29 is 4.84 Å². The highest BCUT2D eigenvalue weighted by molar-refractivity contribution is 7.98. The third kappa shape index (κ3) is 5.46.